The molecule has 5 heteroatoms. The number of allylic oxidation sites excluding steroid dienone is 2. The van der Waals surface area contributed by atoms with Gasteiger partial charge in [0, 0.05) is 36.6 Å². The summed E-state index contributed by atoms with van der Waals surface area (Å²) in [5.74, 6) is 1.11. The molecule has 38 heavy (non-hydrogen) atoms. The lowest BCUT2D eigenvalue weighted by Gasteiger charge is -2.31. The number of hydrogen-bond acceptors (Lipinski definition) is 3. The third-order valence-electron chi connectivity index (χ3n) is 7.27. The van der Waals surface area contributed by atoms with Crippen molar-refractivity contribution < 1.29 is 9.53 Å². The number of pyridine rings is 1. The number of carbonyl (C=O) groups is 1. The maximum Gasteiger partial charge on any atom is 0.243 e. The number of rotatable bonds is 11. The van der Waals surface area contributed by atoms with Gasteiger partial charge in [-0.2, -0.15) is 0 Å². The van der Waals surface area contributed by atoms with E-state index in [1.54, 1.807) is 13.1 Å². The summed E-state index contributed by atoms with van der Waals surface area (Å²) in [5.41, 5.74) is 7.41. The number of aromatic amines is 1. The van der Waals surface area contributed by atoms with E-state index in [0.29, 0.717) is 18.4 Å². The van der Waals surface area contributed by atoms with Crippen LogP contribution in [0.4, 0.5) is 0 Å². The topological polar surface area (TPSA) is 67.0 Å². The number of amides is 1. The van der Waals surface area contributed by atoms with Crippen molar-refractivity contribution in [1.82, 2.24) is 15.3 Å². The van der Waals surface area contributed by atoms with Crippen LogP contribution in [-0.4, -0.2) is 29.5 Å². The minimum Gasteiger partial charge on any atom is -0.478 e. The largest absolute Gasteiger partial charge is 0.478 e. The summed E-state index contributed by atoms with van der Waals surface area (Å²) in [6.45, 7) is 0.602. The van der Waals surface area contributed by atoms with Crippen LogP contribution in [0, 0.1) is 5.92 Å². The fraction of sp³-hybridized carbons (Fsp3) is 0.273. The first kappa shape index (κ1) is 25.5. The van der Waals surface area contributed by atoms with Crippen LogP contribution in [0.15, 0.2) is 91.3 Å². The third kappa shape index (κ3) is 6.05. The van der Waals surface area contributed by atoms with E-state index in [0.717, 1.165) is 30.3 Å². The molecule has 4 aromatic rings. The Morgan fingerprint density at radius 3 is 2.61 bits per heavy atom. The lowest BCUT2D eigenvalue weighted by Crippen LogP contribution is -2.15. The predicted molar refractivity (Wildman–Crippen MR) is 155 cm³/mol. The zero-order valence-electron chi connectivity index (χ0n) is 22.0. The molecule has 5 nitrogen and oxygen atoms in total. The van der Waals surface area contributed by atoms with E-state index in [1.807, 2.05) is 24.5 Å². The Balaban J connectivity index is 1.39. The zero-order chi connectivity index (χ0) is 26.2. The maximum absolute atomic E-state index is 11.2. The Labute approximate surface area is 224 Å². The van der Waals surface area contributed by atoms with Crippen molar-refractivity contribution in [3.63, 3.8) is 0 Å². The molecular formula is C33H35N3O2. The summed E-state index contributed by atoms with van der Waals surface area (Å²) in [4.78, 5) is 19.3. The molecule has 0 aliphatic heterocycles. The predicted octanol–water partition coefficient (Wildman–Crippen LogP) is 7.17. The van der Waals surface area contributed by atoms with E-state index in [4.69, 9.17) is 9.72 Å². The number of ether oxygens (including phenoxy) is 1. The van der Waals surface area contributed by atoms with Crippen LogP contribution < -0.4 is 10.1 Å². The van der Waals surface area contributed by atoms with Gasteiger partial charge in [-0.05, 0) is 96.0 Å². The van der Waals surface area contributed by atoms with E-state index < -0.39 is 0 Å². The lowest BCUT2D eigenvalue weighted by atomic mass is 9.73. The third-order valence-corrected chi connectivity index (χ3v) is 7.27. The number of aromatic nitrogens is 2. The summed E-state index contributed by atoms with van der Waals surface area (Å²) < 4.78 is 5.93. The molecule has 2 heterocycles. The smallest absolute Gasteiger partial charge is 0.243 e. The number of benzene rings is 2. The van der Waals surface area contributed by atoms with E-state index >= 15 is 0 Å². The SMILES string of the molecule is CNC(=O)/C=C/CCCCOc1ccc(/C(=C(\c2ccccc2)C2CCC2)c2ccc3[nH]ccc3c2)cn1. The van der Waals surface area contributed by atoms with Gasteiger partial charge in [0.2, 0.25) is 11.8 Å². The Bertz CT molecular complexity index is 1410. The van der Waals surface area contributed by atoms with Gasteiger partial charge in [0.25, 0.3) is 0 Å². The highest BCUT2D eigenvalue weighted by Gasteiger charge is 2.27. The van der Waals surface area contributed by atoms with Crippen molar-refractivity contribution in [2.75, 3.05) is 13.7 Å². The number of fused-ring (bicyclic) bond motifs is 1. The maximum atomic E-state index is 11.2. The van der Waals surface area contributed by atoms with Gasteiger partial charge in [0.1, 0.15) is 0 Å². The highest BCUT2D eigenvalue weighted by molar-refractivity contribution is 6.01. The second-order valence-corrected chi connectivity index (χ2v) is 9.81. The van der Waals surface area contributed by atoms with Crippen molar-refractivity contribution in [2.45, 2.75) is 38.5 Å². The molecule has 1 amide bonds. The molecule has 0 saturated heterocycles. The number of unbranched alkanes of at least 4 members (excludes halogenated alkanes) is 2. The summed E-state index contributed by atoms with van der Waals surface area (Å²) in [7, 11) is 1.63. The molecule has 5 rings (SSSR count). The van der Waals surface area contributed by atoms with E-state index in [1.165, 1.54) is 46.9 Å². The Morgan fingerprint density at radius 2 is 1.87 bits per heavy atom. The van der Waals surface area contributed by atoms with Gasteiger partial charge in [-0.3, -0.25) is 4.79 Å². The molecule has 1 aliphatic carbocycles. The number of hydrogen-bond donors (Lipinski definition) is 2. The summed E-state index contributed by atoms with van der Waals surface area (Å²) >= 11 is 0. The van der Waals surface area contributed by atoms with Crippen LogP contribution in [0.25, 0.3) is 22.0 Å². The number of H-pyrrole nitrogens is 1. The molecule has 1 saturated carbocycles. The average Bonchev–Trinajstić information content (AvgIpc) is 3.40. The highest BCUT2D eigenvalue weighted by Crippen LogP contribution is 2.45. The van der Waals surface area contributed by atoms with E-state index in [2.05, 4.69) is 71.0 Å². The first-order valence-electron chi connectivity index (χ1n) is 13.6. The number of likely N-dealkylation sites (N-methyl/N-ethyl adjacent to an activating group) is 1. The molecular weight excluding hydrogens is 470 g/mol. The zero-order valence-corrected chi connectivity index (χ0v) is 22.0. The second kappa shape index (κ2) is 12.4. The first-order chi connectivity index (χ1) is 18.7. The fourth-order valence-corrected chi connectivity index (χ4v) is 5.01. The van der Waals surface area contributed by atoms with Crippen LogP contribution in [0.2, 0.25) is 0 Å². The number of carbonyl (C=O) groups excluding carboxylic acids is 1. The summed E-state index contributed by atoms with van der Waals surface area (Å²) in [6.07, 6.45) is 13.9. The van der Waals surface area contributed by atoms with Crippen molar-refractivity contribution >= 4 is 28.0 Å². The van der Waals surface area contributed by atoms with Gasteiger partial charge in [-0.15, -0.1) is 0 Å². The normalized spacial score (nSPS) is 14.3. The molecule has 0 radical (unpaired) electrons. The second-order valence-electron chi connectivity index (χ2n) is 9.81. The van der Waals surface area contributed by atoms with Gasteiger partial charge < -0.3 is 15.0 Å². The molecule has 1 aliphatic rings. The van der Waals surface area contributed by atoms with Gasteiger partial charge >= 0.3 is 0 Å². The molecule has 194 valence electrons. The summed E-state index contributed by atoms with van der Waals surface area (Å²) in [5, 5.41) is 3.79. The highest BCUT2D eigenvalue weighted by atomic mass is 16.5. The van der Waals surface area contributed by atoms with Crippen LogP contribution in [0.5, 0.6) is 5.88 Å². The minimum atomic E-state index is -0.0697. The number of nitrogens with one attached hydrogen (secondary N) is 2. The quantitative estimate of drug-likeness (QED) is 0.129. The fourth-order valence-electron chi connectivity index (χ4n) is 5.01. The standard InChI is InChI=1S/C33H35N3O2/c1-34-30(37)14-7-2-3-8-21-38-31-18-16-28(23-36-31)33(27-15-17-29-26(22-27)19-20-35-29)32(25-12-9-13-25)24-10-5-4-6-11-24/h4-7,10-11,14-20,22-23,25,35H,2-3,8-9,12-13,21H2,1H3,(H,34,37)/b14-7+,33-32+. The molecule has 1 fully saturated rings. The summed E-state index contributed by atoms with van der Waals surface area (Å²) in [6, 6.07) is 23.7. The van der Waals surface area contributed by atoms with E-state index in [-0.39, 0.29) is 5.91 Å². The van der Waals surface area contributed by atoms with Crippen LogP contribution in [-0.2, 0) is 4.79 Å². The lowest BCUT2D eigenvalue weighted by molar-refractivity contribution is -0.116. The molecule has 2 N–H and O–H groups in total. The van der Waals surface area contributed by atoms with Crippen molar-refractivity contribution in [3.05, 3.63) is 108 Å². The Morgan fingerprint density at radius 1 is 1.03 bits per heavy atom. The van der Waals surface area contributed by atoms with Gasteiger partial charge in [0.15, 0.2) is 0 Å². The molecule has 0 spiro atoms. The molecule has 0 bridgehead atoms. The van der Waals surface area contributed by atoms with Gasteiger partial charge in [-0.1, -0.05) is 48.9 Å². The molecule has 0 atom stereocenters. The Hall–Kier alpha value is -4.12. The molecule has 0 unspecified atom stereocenters. The van der Waals surface area contributed by atoms with Crippen LogP contribution in [0.1, 0.15) is 55.2 Å². The first-order valence-corrected chi connectivity index (χ1v) is 13.6. The van der Waals surface area contributed by atoms with Gasteiger partial charge in [-0.25, -0.2) is 4.98 Å². The number of nitrogens with zero attached hydrogens (tertiary/aromatic N) is 1. The molecule has 2 aromatic carbocycles. The van der Waals surface area contributed by atoms with Crippen LogP contribution >= 0.6 is 0 Å². The average molecular weight is 506 g/mol. The van der Waals surface area contributed by atoms with Gasteiger partial charge in [0.05, 0.1) is 6.61 Å². The van der Waals surface area contributed by atoms with Crippen molar-refractivity contribution in [1.29, 1.82) is 0 Å². The van der Waals surface area contributed by atoms with Crippen molar-refractivity contribution in [3.8, 4) is 5.88 Å². The molecule has 2 aromatic heterocycles. The Kier molecular flexibility index (Phi) is 8.34. The van der Waals surface area contributed by atoms with E-state index in [9.17, 15) is 4.79 Å². The van der Waals surface area contributed by atoms with Crippen molar-refractivity contribution in [2.24, 2.45) is 5.92 Å². The minimum absolute atomic E-state index is 0.0697. The van der Waals surface area contributed by atoms with Crippen LogP contribution in [0.3, 0.4) is 0 Å². The monoisotopic (exact) mass is 505 g/mol.